The predicted molar refractivity (Wildman–Crippen MR) is 77.4 cm³/mol. The molecule has 0 N–H and O–H groups in total. The highest BCUT2D eigenvalue weighted by Gasteiger charge is 2.31. The number of ether oxygens (including phenoxy) is 1. The SMILES string of the molecule is CCOC(=O)C[C@@H]1CCC[C@H](c2ccc(C(F)(F)F)cc2)C1. The molecule has 1 aromatic carbocycles. The lowest BCUT2D eigenvalue weighted by atomic mass is 9.77. The van der Waals surface area contributed by atoms with Crippen LogP contribution in [0.1, 0.15) is 56.1 Å². The van der Waals surface area contributed by atoms with E-state index in [1.165, 1.54) is 0 Å². The summed E-state index contributed by atoms with van der Waals surface area (Å²) in [5.41, 5.74) is 0.316. The molecule has 5 heteroatoms. The van der Waals surface area contributed by atoms with Crippen LogP contribution in [-0.4, -0.2) is 12.6 Å². The first-order valence-corrected chi connectivity index (χ1v) is 7.73. The Hall–Kier alpha value is -1.52. The van der Waals surface area contributed by atoms with Crippen molar-refractivity contribution < 1.29 is 22.7 Å². The summed E-state index contributed by atoms with van der Waals surface area (Å²) in [6.07, 6.45) is -0.108. The lowest BCUT2D eigenvalue weighted by Gasteiger charge is -2.29. The van der Waals surface area contributed by atoms with Crippen molar-refractivity contribution in [3.05, 3.63) is 35.4 Å². The number of esters is 1. The molecule has 2 rings (SSSR count). The number of carbonyl (C=O) groups is 1. The smallest absolute Gasteiger partial charge is 0.416 e. The second kappa shape index (κ2) is 7.16. The van der Waals surface area contributed by atoms with Gasteiger partial charge in [-0.1, -0.05) is 18.6 Å². The molecule has 0 radical (unpaired) electrons. The fraction of sp³-hybridized carbons (Fsp3) is 0.588. The fourth-order valence-corrected chi connectivity index (χ4v) is 3.18. The van der Waals surface area contributed by atoms with Gasteiger partial charge in [-0.15, -0.1) is 0 Å². The van der Waals surface area contributed by atoms with Crippen molar-refractivity contribution in [1.29, 1.82) is 0 Å². The molecule has 1 aromatic rings. The summed E-state index contributed by atoms with van der Waals surface area (Å²) < 4.78 is 42.7. The predicted octanol–water partition coefficient (Wildman–Crippen LogP) is 4.93. The molecule has 22 heavy (non-hydrogen) atoms. The van der Waals surface area contributed by atoms with E-state index in [1.807, 2.05) is 0 Å². The van der Waals surface area contributed by atoms with Crippen LogP contribution in [0.2, 0.25) is 0 Å². The number of benzene rings is 1. The molecule has 1 aliphatic carbocycles. The lowest BCUT2D eigenvalue weighted by Crippen LogP contribution is -2.19. The molecule has 0 spiro atoms. The Morgan fingerprint density at radius 2 is 1.91 bits per heavy atom. The number of alkyl halides is 3. The van der Waals surface area contributed by atoms with E-state index in [4.69, 9.17) is 4.74 Å². The van der Waals surface area contributed by atoms with Crippen molar-refractivity contribution in [3.63, 3.8) is 0 Å². The number of hydrogen-bond donors (Lipinski definition) is 0. The van der Waals surface area contributed by atoms with Gasteiger partial charge in [0.25, 0.3) is 0 Å². The van der Waals surface area contributed by atoms with E-state index in [0.29, 0.717) is 13.0 Å². The Labute approximate surface area is 128 Å². The van der Waals surface area contributed by atoms with Gasteiger partial charge in [0.2, 0.25) is 0 Å². The molecular weight excluding hydrogens is 293 g/mol. The Kier molecular flexibility index (Phi) is 5.48. The summed E-state index contributed by atoms with van der Waals surface area (Å²) in [4.78, 5) is 11.6. The second-order valence-electron chi connectivity index (χ2n) is 5.86. The van der Waals surface area contributed by atoms with Crippen LogP contribution in [0, 0.1) is 5.92 Å². The topological polar surface area (TPSA) is 26.3 Å². The minimum Gasteiger partial charge on any atom is -0.466 e. The van der Waals surface area contributed by atoms with Gasteiger partial charge in [-0.25, -0.2) is 0 Å². The van der Waals surface area contributed by atoms with Crippen LogP contribution in [-0.2, 0) is 15.7 Å². The first-order valence-electron chi connectivity index (χ1n) is 7.73. The summed E-state index contributed by atoms with van der Waals surface area (Å²) in [7, 11) is 0. The number of hydrogen-bond acceptors (Lipinski definition) is 2. The maximum absolute atomic E-state index is 12.6. The van der Waals surface area contributed by atoms with E-state index in [1.54, 1.807) is 19.1 Å². The minimum atomic E-state index is -4.29. The Morgan fingerprint density at radius 1 is 1.23 bits per heavy atom. The van der Waals surface area contributed by atoms with E-state index in [0.717, 1.165) is 43.4 Å². The van der Waals surface area contributed by atoms with E-state index in [2.05, 4.69) is 0 Å². The van der Waals surface area contributed by atoms with Crippen LogP contribution in [0.4, 0.5) is 13.2 Å². The first-order chi connectivity index (χ1) is 10.4. The van der Waals surface area contributed by atoms with Gasteiger partial charge in [-0.3, -0.25) is 4.79 Å². The molecule has 0 unspecified atom stereocenters. The first kappa shape index (κ1) is 16.8. The van der Waals surface area contributed by atoms with Crippen molar-refractivity contribution in [3.8, 4) is 0 Å². The molecule has 0 bridgehead atoms. The summed E-state index contributed by atoms with van der Waals surface area (Å²) in [6.45, 7) is 2.16. The maximum Gasteiger partial charge on any atom is 0.416 e. The minimum absolute atomic E-state index is 0.180. The quantitative estimate of drug-likeness (QED) is 0.736. The Morgan fingerprint density at radius 3 is 2.50 bits per heavy atom. The summed E-state index contributed by atoms with van der Waals surface area (Å²) in [5.74, 6) is 0.316. The molecule has 0 saturated heterocycles. The average molecular weight is 314 g/mol. The standard InChI is InChI=1S/C17H21F3O2/c1-2-22-16(21)11-12-4-3-5-14(10-12)13-6-8-15(9-7-13)17(18,19)20/h6-9,12,14H,2-5,10-11H2,1H3/t12-,14+/m1/s1. The third kappa shape index (κ3) is 4.49. The zero-order chi connectivity index (χ0) is 16.2. The Bertz CT molecular complexity index is 494. The molecule has 0 heterocycles. The van der Waals surface area contributed by atoms with Crippen LogP contribution < -0.4 is 0 Å². The van der Waals surface area contributed by atoms with E-state index >= 15 is 0 Å². The number of rotatable bonds is 4. The highest BCUT2D eigenvalue weighted by molar-refractivity contribution is 5.69. The lowest BCUT2D eigenvalue weighted by molar-refractivity contribution is -0.144. The zero-order valence-corrected chi connectivity index (χ0v) is 12.7. The average Bonchev–Trinajstić information content (AvgIpc) is 2.47. The van der Waals surface area contributed by atoms with Gasteiger partial charge in [0.15, 0.2) is 0 Å². The van der Waals surface area contributed by atoms with Crippen molar-refractivity contribution >= 4 is 5.97 Å². The molecule has 2 atom stereocenters. The van der Waals surface area contributed by atoms with Gasteiger partial charge in [0.05, 0.1) is 12.2 Å². The van der Waals surface area contributed by atoms with Gasteiger partial charge in [-0.05, 0) is 55.7 Å². The molecule has 1 saturated carbocycles. The zero-order valence-electron chi connectivity index (χ0n) is 12.7. The van der Waals surface area contributed by atoms with Gasteiger partial charge in [-0.2, -0.15) is 13.2 Å². The maximum atomic E-state index is 12.6. The number of halogens is 3. The van der Waals surface area contributed by atoms with Crippen LogP contribution in [0.25, 0.3) is 0 Å². The van der Waals surface area contributed by atoms with Crippen LogP contribution in [0.3, 0.4) is 0 Å². The monoisotopic (exact) mass is 314 g/mol. The molecule has 1 aliphatic rings. The van der Waals surface area contributed by atoms with Crippen LogP contribution in [0.15, 0.2) is 24.3 Å². The molecule has 2 nitrogen and oxygen atoms in total. The van der Waals surface area contributed by atoms with E-state index in [-0.39, 0.29) is 17.8 Å². The van der Waals surface area contributed by atoms with Gasteiger partial charge >= 0.3 is 12.1 Å². The van der Waals surface area contributed by atoms with Crippen molar-refractivity contribution in [1.82, 2.24) is 0 Å². The van der Waals surface area contributed by atoms with Crippen LogP contribution in [0.5, 0.6) is 0 Å². The third-order valence-corrected chi connectivity index (χ3v) is 4.25. The van der Waals surface area contributed by atoms with Crippen molar-refractivity contribution in [2.75, 3.05) is 6.61 Å². The van der Waals surface area contributed by atoms with Gasteiger partial charge < -0.3 is 4.74 Å². The van der Waals surface area contributed by atoms with Crippen molar-refractivity contribution in [2.45, 2.75) is 51.1 Å². The number of carbonyl (C=O) groups excluding carboxylic acids is 1. The van der Waals surface area contributed by atoms with Crippen LogP contribution >= 0.6 is 0 Å². The molecular formula is C17H21F3O2. The normalized spacial score (nSPS) is 22.4. The Balaban J connectivity index is 1.98. The molecule has 0 amide bonds. The molecule has 0 aromatic heterocycles. The third-order valence-electron chi connectivity index (χ3n) is 4.25. The van der Waals surface area contributed by atoms with E-state index in [9.17, 15) is 18.0 Å². The molecule has 1 fully saturated rings. The summed E-state index contributed by atoms with van der Waals surface area (Å²) in [6, 6.07) is 5.43. The second-order valence-corrected chi connectivity index (χ2v) is 5.86. The van der Waals surface area contributed by atoms with Gasteiger partial charge in [0, 0.05) is 6.42 Å². The molecule has 122 valence electrons. The summed E-state index contributed by atoms with van der Waals surface area (Å²) >= 11 is 0. The summed E-state index contributed by atoms with van der Waals surface area (Å²) in [5, 5.41) is 0. The van der Waals surface area contributed by atoms with E-state index < -0.39 is 11.7 Å². The van der Waals surface area contributed by atoms with Crippen molar-refractivity contribution in [2.24, 2.45) is 5.92 Å². The molecule has 0 aliphatic heterocycles. The fourth-order valence-electron chi connectivity index (χ4n) is 3.18. The van der Waals surface area contributed by atoms with Gasteiger partial charge in [0.1, 0.15) is 0 Å². The highest BCUT2D eigenvalue weighted by Crippen LogP contribution is 2.38. The highest BCUT2D eigenvalue weighted by atomic mass is 19.4. The largest absolute Gasteiger partial charge is 0.466 e.